The summed E-state index contributed by atoms with van der Waals surface area (Å²) in [6, 6.07) is 4.59. The third kappa shape index (κ3) is 2.49. The van der Waals surface area contributed by atoms with Crippen LogP contribution in [0.25, 0.3) is 11.3 Å². The first kappa shape index (κ1) is 13.6. The highest BCUT2D eigenvalue weighted by atomic mass is 35.5. The quantitative estimate of drug-likeness (QED) is 0.792. The fraction of sp³-hybridized carbons (Fsp3) is 0.167. The predicted octanol–water partition coefficient (Wildman–Crippen LogP) is 3.57. The molecule has 0 bridgehead atoms. The normalized spacial score (nSPS) is 11.6. The van der Waals surface area contributed by atoms with Crippen LogP contribution < -0.4 is 0 Å². The van der Waals surface area contributed by atoms with Gasteiger partial charge >= 0.3 is 6.18 Å². The summed E-state index contributed by atoms with van der Waals surface area (Å²) < 4.78 is 39.1. The summed E-state index contributed by atoms with van der Waals surface area (Å²) in [6.45, 7) is 0. The largest absolute Gasteiger partial charge is 0.416 e. The van der Waals surface area contributed by atoms with Gasteiger partial charge in [0.15, 0.2) is 6.29 Å². The van der Waals surface area contributed by atoms with Crippen LogP contribution in [0.15, 0.2) is 24.3 Å². The number of halogens is 4. The summed E-state index contributed by atoms with van der Waals surface area (Å²) in [4.78, 5) is 11.0. The lowest BCUT2D eigenvalue weighted by Gasteiger charge is -2.07. The standard InChI is InChI=1S/C12H8ClF3N2O/c1-18-11(13)9(6-19)10(17-18)7-3-2-4-8(5-7)12(14,15)16/h2-6H,1H3. The van der Waals surface area contributed by atoms with Crippen molar-refractivity contribution in [1.29, 1.82) is 0 Å². The van der Waals surface area contributed by atoms with E-state index in [1.54, 1.807) is 0 Å². The lowest BCUT2D eigenvalue weighted by atomic mass is 10.1. The van der Waals surface area contributed by atoms with Gasteiger partial charge in [0.25, 0.3) is 0 Å². The van der Waals surface area contributed by atoms with Gasteiger partial charge in [-0.25, -0.2) is 0 Å². The molecule has 2 rings (SSSR count). The SMILES string of the molecule is Cn1nc(-c2cccc(C(F)(F)F)c2)c(C=O)c1Cl. The maximum Gasteiger partial charge on any atom is 0.416 e. The molecular weight excluding hydrogens is 281 g/mol. The Bertz CT molecular complexity index is 634. The van der Waals surface area contributed by atoms with Gasteiger partial charge < -0.3 is 0 Å². The molecule has 0 aliphatic heterocycles. The molecule has 7 heteroatoms. The van der Waals surface area contributed by atoms with E-state index in [0.717, 1.165) is 12.1 Å². The first-order valence-electron chi connectivity index (χ1n) is 5.20. The Hall–Kier alpha value is -1.82. The number of hydrogen-bond donors (Lipinski definition) is 0. The Morgan fingerprint density at radius 3 is 2.63 bits per heavy atom. The Labute approximate surface area is 111 Å². The van der Waals surface area contributed by atoms with Crippen LogP contribution in [0.3, 0.4) is 0 Å². The van der Waals surface area contributed by atoms with E-state index < -0.39 is 11.7 Å². The van der Waals surface area contributed by atoms with Crippen molar-refractivity contribution < 1.29 is 18.0 Å². The van der Waals surface area contributed by atoms with E-state index in [0.29, 0.717) is 6.29 Å². The van der Waals surface area contributed by atoms with Crippen molar-refractivity contribution in [1.82, 2.24) is 9.78 Å². The van der Waals surface area contributed by atoms with Crippen molar-refractivity contribution in [3.63, 3.8) is 0 Å². The summed E-state index contributed by atoms with van der Waals surface area (Å²) in [5, 5.41) is 4.05. The van der Waals surface area contributed by atoms with E-state index in [-0.39, 0.29) is 22.0 Å². The molecule has 1 aromatic carbocycles. The first-order valence-corrected chi connectivity index (χ1v) is 5.57. The smallest absolute Gasteiger partial charge is 0.298 e. The van der Waals surface area contributed by atoms with Crippen molar-refractivity contribution >= 4 is 17.9 Å². The minimum Gasteiger partial charge on any atom is -0.298 e. The number of aromatic nitrogens is 2. The van der Waals surface area contributed by atoms with Crippen molar-refractivity contribution in [2.24, 2.45) is 7.05 Å². The van der Waals surface area contributed by atoms with Gasteiger partial charge in [-0.3, -0.25) is 9.48 Å². The van der Waals surface area contributed by atoms with E-state index in [4.69, 9.17) is 11.6 Å². The van der Waals surface area contributed by atoms with Crippen molar-refractivity contribution in [3.8, 4) is 11.3 Å². The minimum absolute atomic E-state index is 0.0727. The number of carbonyl (C=O) groups is 1. The number of aryl methyl sites for hydroxylation is 1. The average molecular weight is 289 g/mol. The third-order valence-electron chi connectivity index (χ3n) is 2.59. The zero-order valence-electron chi connectivity index (χ0n) is 9.70. The number of rotatable bonds is 2. The molecule has 0 fully saturated rings. The maximum absolute atomic E-state index is 12.6. The van der Waals surface area contributed by atoms with Crippen molar-refractivity contribution in [3.05, 3.63) is 40.5 Å². The zero-order valence-corrected chi connectivity index (χ0v) is 10.5. The molecule has 0 N–H and O–H groups in total. The lowest BCUT2D eigenvalue weighted by molar-refractivity contribution is -0.137. The monoisotopic (exact) mass is 288 g/mol. The molecule has 0 aliphatic rings. The molecule has 0 unspecified atom stereocenters. The summed E-state index contributed by atoms with van der Waals surface area (Å²) in [7, 11) is 1.51. The molecule has 1 aromatic heterocycles. The Kier molecular flexibility index (Phi) is 3.36. The molecule has 0 saturated carbocycles. The van der Waals surface area contributed by atoms with Gasteiger partial charge in [0.1, 0.15) is 10.8 Å². The zero-order chi connectivity index (χ0) is 14.2. The highest BCUT2D eigenvalue weighted by molar-refractivity contribution is 6.32. The molecular formula is C12H8ClF3N2O. The van der Waals surface area contributed by atoms with Crippen LogP contribution in [0.2, 0.25) is 5.15 Å². The summed E-state index contributed by atoms with van der Waals surface area (Å²) in [5.41, 5.74) is -0.403. The van der Waals surface area contributed by atoms with Crippen LogP contribution in [0.4, 0.5) is 13.2 Å². The number of carbonyl (C=O) groups excluding carboxylic acids is 1. The van der Waals surface area contributed by atoms with Crippen LogP contribution >= 0.6 is 11.6 Å². The molecule has 0 atom stereocenters. The van der Waals surface area contributed by atoms with Gasteiger partial charge in [0.05, 0.1) is 11.1 Å². The molecule has 100 valence electrons. The summed E-state index contributed by atoms with van der Waals surface area (Å²) in [6.07, 6.45) is -3.97. The Morgan fingerprint density at radius 2 is 2.05 bits per heavy atom. The van der Waals surface area contributed by atoms with E-state index in [1.807, 2.05) is 0 Å². The molecule has 0 amide bonds. The number of benzene rings is 1. The molecule has 19 heavy (non-hydrogen) atoms. The van der Waals surface area contributed by atoms with Gasteiger partial charge in [0.2, 0.25) is 0 Å². The number of nitrogens with zero attached hydrogens (tertiary/aromatic N) is 2. The fourth-order valence-corrected chi connectivity index (χ4v) is 1.85. The van der Waals surface area contributed by atoms with Crippen molar-refractivity contribution in [2.75, 3.05) is 0 Å². The third-order valence-corrected chi connectivity index (χ3v) is 3.04. The van der Waals surface area contributed by atoms with Gasteiger partial charge in [-0.2, -0.15) is 18.3 Å². The fourth-order valence-electron chi connectivity index (χ4n) is 1.68. The minimum atomic E-state index is -4.45. The van der Waals surface area contributed by atoms with E-state index in [9.17, 15) is 18.0 Å². The summed E-state index contributed by atoms with van der Waals surface area (Å²) in [5.74, 6) is 0. The van der Waals surface area contributed by atoms with Crippen LogP contribution in [-0.2, 0) is 13.2 Å². The first-order chi connectivity index (χ1) is 8.84. The topological polar surface area (TPSA) is 34.9 Å². The highest BCUT2D eigenvalue weighted by Gasteiger charge is 2.31. The van der Waals surface area contributed by atoms with Crippen LogP contribution in [0.5, 0.6) is 0 Å². The number of hydrogen-bond acceptors (Lipinski definition) is 2. The molecule has 0 aliphatic carbocycles. The van der Waals surface area contributed by atoms with Gasteiger partial charge in [-0.05, 0) is 12.1 Å². The average Bonchev–Trinajstić information content (AvgIpc) is 2.64. The van der Waals surface area contributed by atoms with Gasteiger partial charge in [-0.1, -0.05) is 23.7 Å². The highest BCUT2D eigenvalue weighted by Crippen LogP contribution is 2.33. The summed E-state index contributed by atoms with van der Waals surface area (Å²) >= 11 is 5.84. The van der Waals surface area contributed by atoms with Crippen molar-refractivity contribution in [2.45, 2.75) is 6.18 Å². The van der Waals surface area contributed by atoms with Gasteiger partial charge in [0, 0.05) is 12.6 Å². The lowest BCUT2D eigenvalue weighted by Crippen LogP contribution is -2.04. The maximum atomic E-state index is 12.6. The van der Waals surface area contributed by atoms with Crippen LogP contribution in [0, 0.1) is 0 Å². The van der Waals surface area contributed by atoms with Crippen LogP contribution in [0.1, 0.15) is 15.9 Å². The Balaban J connectivity index is 2.60. The van der Waals surface area contributed by atoms with E-state index >= 15 is 0 Å². The predicted molar refractivity (Wildman–Crippen MR) is 64.0 cm³/mol. The molecule has 2 aromatic rings. The molecule has 3 nitrogen and oxygen atoms in total. The second-order valence-corrected chi connectivity index (χ2v) is 4.23. The molecule has 1 heterocycles. The molecule has 0 spiro atoms. The molecule has 0 radical (unpaired) electrons. The second-order valence-electron chi connectivity index (χ2n) is 3.87. The van der Waals surface area contributed by atoms with Crippen LogP contribution in [-0.4, -0.2) is 16.1 Å². The molecule has 0 saturated heterocycles. The van der Waals surface area contributed by atoms with E-state index in [2.05, 4.69) is 5.10 Å². The van der Waals surface area contributed by atoms with E-state index in [1.165, 1.54) is 23.9 Å². The number of alkyl halides is 3. The Morgan fingerprint density at radius 1 is 1.37 bits per heavy atom. The second kappa shape index (κ2) is 4.70. The van der Waals surface area contributed by atoms with Gasteiger partial charge in [-0.15, -0.1) is 0 Å². The number of aldehydes is 1.